The van der Waals surface area contributed by atoms with Crippen molar-refractivity contribution < 1.29 is 5.11 Å². The van der Waals surface area contributed by atoms with Gasteiger partial charge < -0.3 is 15.0 Å². The maximum Gasteiger partial charge on any atom is 0.210 e. The van der Waals surface area contributed by atoms with Crippen LogP contribution in [0.4, 0.5) is 5.82 Å². The summed E-state index contributed by atoms with van der Waals surface area (Å²) in [4.78, 5) is 8.42. The summed E-state index contributed by atoms with van der Waals surface area (Å²) in [5, 5.41) is 28.3. The molecule has 128 valence electrons. The van der Waals surface area contributed by atoms with Gasteiger partial charge in [0.25, 0.3) is 0 Å². The molecule has 3 heterocycles. The van der Waals surface area contributed by atoms with Crippen molar-refractivity contribution in [3.05, 3.63) is 46.9 Å². The van der Waals surface area contributed by atoms with Gasteiger partial charge in [0, 0.05) is 12.1 Å². The number of fused-ring (bicyclic) bond motifs is 1. The Kier molecular flexibility index (Phi) is 4.06. The minimum atomic E-state index is -0.675. The number of imidazole rings is 1. The second-order valence-corrected chi connectivity index (χ2v) is 6.05. The number of hydrogen-bond acceptors (Lipinski definition) is 8. The van der Waals surface area contributed by atoms with E-state index in [2.05, 4.69) is 55.0 Å². The molecule has 2 aliphatic heterocycles. The molecule has 0 saturated heterocycles. The third-order valence-corrected chi connectivity index (χ3v) is 4.41. The summed E-state index contributed by atoms with van der Waals surface area (Å²) in [6, 6.07) is 6.17. The predicted octanol–water partition coefficient (Wildman–Crippen LogP) is 2.75. The molecule has 2 N–H and O–H groups in total. The molecular weight excluding hydrogens is 320 g/mol. The average Bonchev–Trinajstić information content (AvgIpc) is 3.24. The highest BCUT2D eigenvalue weighted by atomic mass is 16.3. The van der Waals surface area contributed by atoms with Crippen LogP contribution in [0.15, 0.2) is 50.2 Å². The number of anilines is 1. The first-order valence-corrected chi connectivity index (χ1v) is 8.09. The standard InChI is InChI=1S/C16H18N8O/c1-10-2-3-12(15-20-22-23-21-15)6-11(10)4-5-24-9-19-14-13(25)7-17-8-18-16(14)24/h2-3,6,8-9,13,15,25H,4-5,7H2,1H3,(H,17,18). The van der Waals surface area contributed by atoms with Gasteiger partial charge >= 0.3 is 0 Å². The summed E-state index contributed by atoms with van der Waals surface area (Å²) in [6.45, 7) is 3.14. The molecule has 0 saturated carbocycles. The Morgan fingerprint density at radius 2 is 2.12 bits per heavy atom. The third kappa shape index (κ3) is 3.05. The zero-order valence-corrected chi connectivity index (χ0v) is 13.7. The molecular formula is C16H18N8O. The zero-order chi connectivity index (χ0) is 17.2. The fraction of sp³-hybridized carbons (Fsp3) is 0.375. The minimum Gasteiger partial charge on any atom is -0.385 e. The average molecular weight is 338 g/mol. The van der Waals surface area contributed by atoms with Gasteiger partial charge in [-0.25, -0.2) is 4.98 Å². The molecule has 0 bridgehead atoms. The lowest BCUT2D eigenvalue weighted by molar-refractivity contribution is 0.184. The Balaban J connectivity index is 1.54. The van der Waals surface area contributed by atoms with Gasteiger partial charge in [-0.2, -0.15) is 0 Å². The summed E-state index contributed by atoms with van der Waals surface area (Å²) in [6.07, 6.45) is 3.16. The topological polar surface area (TPSA) is 112 Å². The van der Waals surface area contributed by atoms with Crippen LogP contribution >= 0.6 is 0 Å². The SMILES string of the molecule is Cc1ccc(C2N=NN=N2)cc1CCn1cnc2c1NC=NCC2O. The lowest BCUT2D eigenvalue weighted by Gasteiger charge is -2.12. The molecule has 0 radical (unpaired) electrons. The van der Waals surface area contributed by atoms with Gasteiger partial charge in [-0.1, -0.05) is 18.2 Å². The maximum atomic E-state index is 10.1. The molecule has 4 rings (SSSR count). The van der Waals surface area contributed by atoms with Gasteiger partial charge in [0.1, 0.15) is 17.6 Å². The summed E-state index contributed by atoms with van der Waals surface area (Å²) < 4.78 is 2.00. The summed E-state index contributed by atoms with van der Waals surface area (Å²) >= 11 is 0. The van der Waals surface area contributed by atoms with Crippen LogP contribution in [0.25, 0.3) is 0 Å². The van der Waals surface area contributed by atoms with Gasteiger partial charge in [0.05, 0.1) is 19.2 Å². The summed E-state index contributed by atoms with van der Waals surface area (Å²) in [7, 11) is 0. The van der Waals surface area contributed by atoms with Crippen molar-refractivity contribution >= 4 is 12.2 Å². The Morgan fingerprint density at radius 3 is 2.96 bits per heavy atom. The van der Waals surface area contributed by atoms with E-state index < -0.39 is 6.10 Å². The quantitative estimate of drug-likeness (QED) is 0.893. The zero-order valence-electron chi connectivity index (χ0n) is 13.7. The largest absolute Gasteiger partial charge is 0.385 e. The van der Waals surface area contributed by atoms with Crippen LogP contribution in [0.3, 0.4) is 0 Å². The lowest BCUT2D eigenvalue weighted by Crippen LogP contribution is -2.08. The molecule has 0 aliphatic carbocycles. The fourth-order valence-corrected chi connectivity index (χ4v) is 2.98. The van der Waals surface area contributed by atoms with Gasteiger partial charge in [-0.15, -0.1) is 10.2 Å². The molecule has 1 aromatic carbocycles. The highest BCUT2D eigenvalue weighted by Crippen LogP contribution is 2.27. The number of nitrogens with one attached hydrogen (secondary N) is 1. The molecule has 1 atom stereocenters. The molecule has 0 fully saturated rings. The van der Waals surface area contributed by atoms with E-state index >= 15 is 0 Å². The van der Waals surface area contributed by atoms with E-state index in [4.69, 9.17) is 0 Å². The molecule has 25 heavy (non-hydrogen) atoms. The van der Waals surface area contributed by atoms with Crippen molar-refractivity contribution in [3.63, 3.8) is 0 Å². The summed E-state index contributed by atoms with van der Waals surface area (Å²) in [5.41, 5.74) is 4.03. The number of aliphatic hydroxyl groups excluding tert-OH is 1. The van der Waals surface area contributed by atoms with Gasteiger partial charge in [0.2, 0.25) is 6.17 Å². The van der Waals surface area contributed by atoms with Crippen LogP contribution < -0.4 is 5.32 Å². The van der Waals surface area contributed by atoms with Gasteiger partial charge in [-0.3, -0.25) is 4.99 Å². The molecule has 0 amide bonds. The highest BCUT2D eigenvalue weighted by molar-refractivity contribution is 5.76. The predicted molar refractivity (Wildman–Crippen MR) is 91.5 cm³/mol. The minimum absolute atomic E-state index is 0.322. The number of aryl methyl sites for hydroxylation is 3. The Bertz CT molecular complexity index is 857. The Hall–Kier alpha value is -2.94. The van der Waals surface area contributed by atoms with Crippen LogP contribution in [-0.4, -0.2) is 27.5 Å². The molecule has 1 aromatic heterocycles. The Labute approximate surface area is 144 Å². The van der Waals surface area contributed by atoms with E-state index in [1.54, 1.807) is 12.7 Å². The second-order valence-electron chi connectivity index (χ2n) is 6.05. The fourth-order valence-electron chi connectivity index (χ4n) is 2.98. The van der Waals surface area contributed by atoms with Crippen molar-refractivity contribution in [2.45, 2.75) is 32.2 Å². The van der Waals surface area contributed by atoms with E-state index in [-0.39, 0.29) is 6.17 Å². The molecule has 0 spiro atoms. The van der Waals surface area contributed by atoms with Crippen molar-refractivity contribution in [2.75, 3.05) is 11.9 Å². The van der Waals surface area contributed by atoms with Crippen LogP contribution in [0, 0.1) is 6.92 Å². The van der Waals surface area contributed by atoms with E-state index in [0.717, 1.165) is 24.3 Å². The van der Waals surface area contributed by atoms with Crippen molar-refractivity contribution in [1.82, 2.24) is 9.55 Å². The number of hydrogen-bond donors (Lipinski definition) is 2. The lowest BCUT2D eigenvalue weighted by atomic mass is 10.0. The van der Waals surface area contributed by atoms with Crippen LogP contribution in [-0.2, 0) is 13.0 Å². The molecule has 2 aromatic rings. The van der Waals surface area contributed by atoms with Crippen LogP contribution in [0.2, 0.25) is 0 Å². The number of aromatic nitrogens is 2. The van der Waals surface area contributed by atoms with Gasteiger partial charge in [0.15, 0.2) is 0 Å². The maximum absolute atomic E-state index is 10.1. The van der Waals surface area contributed by atoms with Crippen molar-refractivity contribution in [1.29, 1.82) is 0 Å². The van der Waals surface area contributed by atoms with Crippen LogP contribution in [0.1, 0.15) is 34.7 Å². The normalized spacial score (nSPS) is 19.0. The molecule has 9 nitrogen and oxygen atoms in total. The monoisotopic (exact) mass is 338 g/mol. The van der Waals surface area contributed by atoms with Gasteiger partial charge in [-0.05, 0) is 34.9 Å². The van der Waals surface area contributed by atoms with E-state index in [1.807, 2.05) is 10.6 Å². The first kappa shape index (κ1) is 15.6. The molecule has 9 heteroatoms. The summed E-state index contributed by atoms with van der Waals surface area (Å²) in [5.74, 6) is 0.793. The molecule has 1 unspecified atom stereocenters. The third-order valence-electron chi connectivity index (χ3n) is 4.41. The number of aliphatic hydroxyl groups is 1. The first-order chi connectivity index (χ1) is 12.2. The van der Waals surface area contributed by atoms with Crippen molar-refractivity contribution in [3.8, 4) is 0 Å². The number of aliphatic imine (C=N–C) groups is 1. The molecule has 2 aliphatic rings. The van der Waals surface area contributed by atoms with E-state index in [0.29, 0.717) is 12.2 Å². The van der Waals surface area contributed by atoms with E-state index in [1.165, 1.54) is 11.1 Å². The second kappa shape index (κ2) is 6.52. The van der Waals surface area contributed by atoms with Crippen molar-refractivity contribution in [2.24, 2.45) is 25.7 Å². The number of benzene rings is 1. The van der Waals surface area contributed by atoms with Crippen LogP contribution in [0.5, 0.6) is 0 Å². The number of nitrogens with zero attached hydrogens (tertiary/aromatic N) is 7. The van der Waals surface area contributed by atoms with E-state index in [9.17, 15) is 5.11 Å². The highest BCUT2D eigenvalue weighted by Gasteiger charge is 2.20. The smallest absolute Gasteiger partial charge is 0.210 e. The number of rotatable bonds is 4. The Morgan fingerprint density at radius 1 is 1.28 bits per heavy atom. The first-order valence-electron chi connectivity index (χ1n) is 8.09.